The van der Waals surface area contributed by atoms with Crippen LogP contribution in [0.2, 0.25) is 0 Å². The Bertz CT molecular complexity index is 145. The van der Waals surface area contributed by atoms with Gasteiger partial charge in [0.1, 0.15) is 0 Å². The molecule has 0 amide bonds. The van der Waals surface area contributed by atoms with E-state index in [0.717, 1.165) is 11.8 Å². The highest BCUT2D eigenvalue weighted by atomic mass is 14.3. The molecular formula is C15H27. The summed E-state index contributed by atoms with van der Waals surface area (Å²) in [5.41, 5.74) is 0. The Morgan fingerprint density at radius 2 is 1.20 bits per heavy atom. The third-order valence-corrected chi connectivity index (χ3v) is 4.47. The molecule has 1 atom stereocenters. The standard InChI is InChI=1S/C15H27/c1-2-6-10-14(11-7-3-1)15-12-8-4-5-9-13-15/h10,14-15H,1-9,11-13H2. The maximum atomic E-state index is 2.69. The van der Waals surface area contributed by atoms with Crippen LogP contribution in [-0.2, 0) is 0 Å². The van der Waals surface area contributed by atoms with Gasteiger partial charge < -0.3 is 0 Å². The Morgan fingerprint density at radius 1 is 0.600 bits per heavy atom. The van der Waals surface area contributed by atoms with Crippen LogP contribution in [0.1, 0.15) is 77.0 Å². The van der Waals surface area contributed by atoms with Crippen molar-refractivity contribution in [2.75, 3.05) is 0 Å². The summed E-state index contributed by atoms with van der Waals surface area (Å²) in [5.74, 6) is 2.05. The first kappa shape index (κ1) is 11.5. The first-order valence-electron chi connectivity index (χ1n) is 7.30. The van der Waals surface area contributed by atoms with Crippen LogP contribution in [0.5, 0.6) is 0 Å². The number of rotatable bonds is 1. The van der Waals surface area contributed by atoms with E-state index >= 15 is 0 Å². The molecule has 15 heavy (non-hydrogen) atoms. The SMILES string of the molecule is [CH]1CCCCCCC1C1CCCCCC1. The van der Waals surface area contributed by atoms with Gasteiger partial charge in [0.25, 0.3) is 0 Å². The number of hydrogen-bond donors (Lipinski definition) is 0. The molecule has 2 saturated carbocycles. The van der Waals surface area contributed by atoms with Crippen molar-refractivity contribution >= 4 is 0 Å². The Hall–Kier alpha value is 0. The molecule has 0 spiro atoms. The lowest BCUT2D eigenvalue weighted by atomic mass is 9.78. The van der Waals surface area contributed by atoms with Gasteiger partial charge in [-0.05, 0) is 31.1 Å². The first-order chi connectivity index (χ1) is 7.47. The minimum atomic E-state index is 0.989. The summed E-state index contributed by atoms with van der Waals surface area (Å²) in [6, 6.07) is 0. The summed E-state index contributed by atoms with van der Waals surface area (Å²) in [4.78, 5) is 0. The fourth-order valence-electron chi connectivity index (χ4n) is 3.49. The first-order valence-corrected chi connectivity index (χ1v) is 7.30. The molecular weight excluding hydrogens is 180 g/mol. The topological polar surface area (TPSA) is 0 Å². The molecule has 0 bridgehead atoms. The molecule has 0 heteroatoms. The molecule has 1 radical (unpaired) electrons. The van der Waals surface area contributed by atoms with Gasteiger partial charge in [-0.1, -0.05) is 64.2 Å². The zero-order valence-electron chi connectivity index (χ0n) is 10.2. The van der Waals surface area contributed by atoms with Gasteiger partial charge in [-0.15, -0.1) is 0 Å². The zero-order chi connectivity index (χ0) is 10.3. The van der Waals surface area contributed by atoms with E-state index < -0.39 is 0 Å². The van der Waals surface area contributed by atoms with Crippen molar-refractivity contribution in [2.45, 2.75) is 77.0 Å². The van der Waals surface area contributed by atoms with Crippen molar-refractivity contribution in [1.29, 1.82) is 0 Å². The maximum absolute atomic E-state index is 2.69. The minimum Gasteiger partial charge on any atom is -0.0533 e. The molecule has 0 heterocycles. The van der Waals surface area contributed by atoms with Crippen molar-refractivity contribution in [3.05, 3.63) is 6.42 Å². The summed E-state index contributed by atoms with van der Waals surface area (Å²) in [6.45, 7) is 0. The molecule has 0 aliphatic heterocycles. The highest BCUT2D eigenvalue weighted by Crippen LogP contribution is 2.35. The van der Waals surface area contributed by atoms with Crippen molar-refractivity contribution in [1.82, 2.24) is 0 Å². The highest BCUT2D eigenvalue weighted by molar-refractivity contribution is 4.84. The molecule has 87 valence electrons. The Morgan fingerprint density at radius 3 is 1.93 bits per heavy atom. The second kappa shape index (κ2) is 6.55. The molecule has 2 aliphatic rings. The summed E-state index contributed by atoms with van der Waals surface area (Å²) in [6.07, 6.45) is 20.6. The average molecular weight is 207 g/mol. The van der Waals surface area contributed by atoms with E-state index in [-0.39, 0.29) is 0 Å². The zero-order valence-corrected chi connectivity index (χ0v) is 10.2. The monoisotopic (exact) mass is 207 g/mol. The highest BCUT2D eigenvalue weighted by Gasteiger charge is 2.22. The molecule has 0 aromatic carbocycles. The van der Waals surface area contributed by atoms with Gasteiger partial charge in [-0.3, -0.25) is 0 Å². The summed E-state index contributed by atoms with van der Waals surface area (Å²) in [5, 5.41) is 0. The van der Waals surface area contributed by atoms with Crippen LogP contribution in [-0.4, -0.2) is 0 Å². The molecule has 0 aromatic rings. The molecule has 0 saturated heterocycles. The van der Waals surface area contributed by atoms with Crippen LogP contribution >= 0.6 is 0 Å². The second-order valence-electron chi connectivity index (χ2n) is 5.64. The summed E-state index contributed by atoms with van der Waals surface area (Å²) < 4.78 is 0. The lowest BCUT2D eigenvalue weighted by Gasteiger charge is -2.27. The van der Waals surface area contributed by atoms with E-state index in [4.69, 9.17) is 0 Å². The Balaban J connectivity index is 1.82. The van der Waals surface area contributed by atoms with Crippen LogP contribution < -0.4 is 0 Å². The van der Waals surface area contributed by atoms with Gasteiger partial charge in [0.2, 0.25) is 0 Å². The van der Waals surface area contributed by atoms with Gasteiger partial charge >= 0.3 is 0 Å². The Labute approximate surface area is 95.8 Å². The molecule has 2 aliphatic carbocycles. The summed E-state index contributed by atoms with van der Waals surface area (Å²) >= 11 is 0. The lowest BCUT2D eigenvalue weighted by molar-refractivity contribution is 0.292. The normalized spacial score (nSPS) is 28.0. The number of hydrogen-bond acceptors (Lipinski definition) is 0. The second-order valence-corrected chi connectivity index (χ2v) is 5.64. The van der Waals surface area contributed by atoms with E-state index in [9.17, 15) is 0 Å². The van der Waals surface area contributed by atoms with E-state index in [1.54, 1.807) is 0 Å². The van der Waals surface area contributed by atoms with Gasteiger partial charge in [0.15, 0.2) is 0 Å². The van der Waals surface area contributed by atoms with Crippen molar-refractivity contribution in [3.8, 4) is 0 Å². The summed E-state index contributed by atoms with van der Waals surface area (Å²) in [7, 11) is 0. The van der Waals surface area contributed by atoms with Crippen LogP contribution in [0.4, 0.5) is 0 Å². The van der Waals surface area contributed by atoms with Crippen molar-refractivity contribution in [2.24, 2.45) is 11.8 Å². The predicted octanol–water partition coefficient (Wildman–Crippen LogP) is 5.13. The van der Waals surface area contributed by atoms with Gasteiger partial charge in [-0.2, -0.15) is 0 Å². The van der Waals surface area contributed by atoms with Crippen LogP contribution in [0, 0.1) is 18.3 Å². The molecule has 0 N–H and O–H groups in total. The van der Waals surface area contributed by atoms with Crippen LogP contribution in [0.15, 0.2) is 0 Å². The molecule has 2 fully saturated rings. The molecule has 0 nitrogen and oxygen atoms in total. The van der Waals surface area contributed by atoms with E-state index in [0.29, 0.717) is 0 Å². The maximum Gasteiger partial charge on any atom is -0.0352 e. The van der Waals surface area contributed by atoms with Crippen LogP contribution in [0.25, 0.3) is 0 Å². The minimum absolute atomic E-state index is 0.989. The van der Waals surface area contributed by atoms with Crippen molar-refractivity contribution < 1.29 is 0 Å². The van der Waals surface area contributed by atoms with Gasteiger partial charge in [-0.25, -0.2) is 0 Å². The molecule has 2 rings (SSSR count). The van der Waals surface area contributed by atoms with Crippen LogP contribution in [0.3, 0.4) is 0 Å². The third-order valence-electron chi connectivity index (χ3n) is 4.47. The van der Waals surface area contributed by atoms with E-state index in [1.807, 2.05) is 0 Å². The lowest BCUT2D eigenvalue weighted by Crippen LogP contribution is -2.16. The fraction of sp³-hybridized carbons (Fsp3) is 0.933. The van der Waals surface area contributed by atoms with Crippen molar-refractivity contribution in [3.63, 3.8) is 0 Å². The smallest absolute Gasteiger partial charge is 0.0352 e. The quantitative estimate of drug-likeness (QED) is 0.523. The Kier molecular flexibility index (Phi) is 5.02. The average Bonchev–Trinajstić information content (AvgIpc) is 2.45. The van der Waals surface area contributed by atoms with E-state index in [1.165, 1.54) is 77.0 Å². The third kappa shape index (κ3) is 3.81. The predicted molar refractivity (Wildman–Crippen MR) is 66.7 cm³/mol. The fourth-order valence-corrected chi connectivity index (χ4v) is 3.49. The van der Waals surface area contributed by atoms with Gasteiger partial charge in [0.05, 0.1) is 0 Å². The molecule has 0 aromatic heterocycles. The van der Waals surface area contributed by atoms with E-state index in [2.05, 4.69) is 6.42 Å². The largest absolute Gasteiger partial charge is 0.0533 e. The molecule has 1 unspecified atom stereocenters. The van der Waals surface area contributed by atoms with Gasteiger partial charge in [0, 0.05) is 0 Å².